The van der Waals surface area contributed by atoms with Gasteiger partial charge >= 0.3 is 5.97 Å². The van der Waals surface area contributed by atoms with E-state index in [0.717, 1.165) is 11.1 Å². The van der Waals surface area contributed by atoms with E-state index >= 15 is 0 Å². The zero-order valence-corrected chi connectivity index (χ0v) is 10.2. The third-order valence-electron chi connectivity index (χ3n) is 2.81. The molecule has 0 amide bonds. The van der Waals surface area contributed by atoms with E-state index in [1.807, 2.05) is 6.07 Å². The smallest absolute Gasteiger partial charge is 0.335 e. The SMILES string of the molecule is NCC(=O)c1cccc(-c2cccc(C(=O)O)c2)c1. The molecule has 0 aliphatic heterocycles. The molecule has 0 fully saturated rings. The van der Waals surface area contributed by atoms with Crippen molar-refractivity contribution in [2.45, 2.75) is 0 Å². The Hall–Kier alpha value is -2.46. The quantitative estimate of drug-likeness (QED) is 0.821. The molecule has 0 aromatic heterocycles. The number of rotatable bonds is 4. The first kappa shape index (κ1) is 13.0. The highest BCUT2D eigenvalue weighted by Crippen LogP contribution is 2.21. The molecular weight excluding hydrogens is 242 g/mol. The molecule has 2 rings (SSSR count). The van der Waals surface area contributed by atoms with E-state index in [1.165, 1.54) is 6.07 Å². The first-order valence-corrected chi connectivity index (χ1v) is 5.79. The topological polar surface area (TPSA) is 80.4 Å². The van der Waals surface area contributed by atoms with Crippen LogP contribution in [0, 0.1) is 0 Å². The molecule has 0 aliphatic rings. The second-order valence-corrected chi connectivity index (χ2v) is 4.09. The number of hydrogen-bond donors (Lipinski definition) is 2. The summed E-state index contributed by atoms with van der Waals surface area (Å²) in [6, 6.07) is 13.6. The summed E-state index contributed by atoms with van der Waals surface area (Å²) in [5.74, 6) is -1.12. The molecule has 0 bridgehead atoms. The molecule has 3 N–H and O–H groups in total. The summed E-state index contributed by atoms with van der Waals surface area (Å²) in [5.41, 5.74) is 7.62. The first-order valence-electron chi connectivity index (χ1n) is 5.79. The van der Waals surface area contributed by atoms with Crippen molar-refractivity contribution in [2.24, 2.45) is 5.73 Å². The first-order chi connectivity index (χ1) is 9.11. The fourth-order valence-corrected chi connectivity index (χ4v) is 1.82. The van der Waals surface area contributed by atoms with Gasteiger partial charge in [-0.05, 0) is 29.3 Å². The van der Waals surface area contributed by atoms with Crippen LogP contribution < -0.4 is 5.73 Å². The largest absolute Gasteiger partial charge is 0.478 e. The van der Waals surface area contributed by atoms with Gasteiger partial charge < -0.3 is 10.8 Å². The average molecular weight is 255 g/mol. The number of carbonyl (C=O) groups excluding carboxylic acids is 1. The molecule has 0 heterocycles. The lowest BCUT2D eigenvalue weighted by atomic mass is 10.00. The standard InChI is InChI=1S/C15H13NO3/c16-9-14(17)12-5-1-3-10(7-12)11-4-2-6-13(8-11)15(18)19/h1-8H,9,16H2,(H,18,19). The van der Waals surface area contributed by atoms with Gasteiger partial charge in [0, 0.05) is 5.56 Å². The third kappa shape index (κ3) is 2.86. The van der Waals surface area contributed by atoms with Crippen LogP contribution in [0.2, 0.25) is 0 Å². The number of carboxylic acid groups (broad SMARTS) is 1. The van der Waals surface area contributed by atoms with Crippen molar-refractivity contribution in [2.75, 3.05) is 6.54 Å². The molecule has 19 heavy (non-hydrogen) atoms. The molecule has 4 nitrogen and oxygen atoms in total. The van der Waals surface area contributed by atoms with Crippen molar-refractivity contribution >= 4 is 11.8 Å². The van der Waals surface area contributed by atoms with E-state index < -0.39 is 5.97 Å². The van der Waals surface area contributed by atoms with E-state index in [-0.39, 0.29) is 17.9 Å². The molecular formula is C15H13NO3. The summed E-state index contributed by atoms with van der Waals surface area (Å²) in [5, 5.41) is 8.97. The number of Topliss-reactive ketones (excluding diaryl/α,β-unsaturated/α-hetero) is 1. The zero-order valence-electron chi connectivity index (χ0n) is 10.2. The maximum atomic E-state index is 11.6. The average Bonchev–Trinajstić information content (AvgIpc) is 2.46. The molecule has 0 radical (unpaired) electrons. The molecule has 0 saturated heterocycles. The van der Waals surface area contributed by atoms with Crippen molar-refractivity contribution in [1.82, 2.24) is 0 Å². The molecule has 0 atom stereocenters. The van der Waals surface area contributed by atoms with Crippen LogP contribution in [-0.2, 0) is 0 Å². The van der Waals surface area contributed by atoms with Crippen LogP contribution in [0.3, 0.4) is 0 Å². The van der Waals surface area contributed by atoms with Gasteiger partial charge in [0.1, 0.15) is 0 Å². The minimum atomic E-state index is -0.976. The summed E-state index contributed by atoms with van der Waals surface area (Å²) in [7, 11) is 0. The monoisotopic (exact) mass is 255 g/mol. The lowest BCUT2D eigenvalue weighted by molar-refractivity contribution is 0.0696. The number of carbonyl (C=O) groups is 2. The zero-order chi connectivity index (χ0) is 13.8. The number of aromatic carboxylic acids is 1. The molecule has 0 saturated carbocycles. The molecule has 0 spiro atoms. The summed E-state index contributed by atoms with van der Waals surface area (Å²) in [6.45, 7) is -0.0430. The second kappa shape index (κ2) is 5.46. The van der Waals surface area contributed by atoms with Crippen LogP contribution in [0.1, 0.15) is 20.7 Å². The van der Waals surface area contributed by atoms with Crippen molar-refractivity contribution < 1.29 is 14.7 Å². The van der Waals surface area contributed by atoms with Crippen LogP contribution in [0.25, 0.3) is 11.1 Å². The number of carboxylic acids is 1. The highest BCUT2D eigenvalue weighted by atomic mass is 16.4. The Morgan fingerprint density at radius 1 is 0.947 bits per heavy atom. The lowest BCUT2D eigenvalue weighted by Gasteiger charge is -2.05. The van der Waals surface area contributed by atoms with Gasteiger partial charge in [-0.25, -0.2) is 4.79 Å². The van der Waals surface area contributed by atoms with Gasteiger partial charge in [0.2, 0.25) is 0 Å². The fraction of sp³-hybridized carbons (Fsp3) is 0.0667. The van der Waals surface area contributed by atoms with E-state index in [0.29, 0.717) is 5.56 Å². The van der Waals surface area contributed by atoms with E-state index in [1.54, 1.807) is 36.4 Å². The normalized spacial score (nSPS) is 10.2. The van der Waals surface area contributed by atoms with Gasteiger partial charge in [-0.3, -0.25) is 4.79 Å². The van der Waals surface area contributed by atoms with E-state index in [4.69, 9.17) is 10.8 Å². The van der Waals surface area contributed by atoms with Crippen LogP contribution in [0.5, 0.6) is 0 Å². The summed E-state index contributed by atoms with van der Waals surface area (Å²) >= 11 is 0. The predicted octanol–water partition coefficient (Wildman–Crippen LogP) is 2.19. The number of ketones is 1. The molecule has 2 aromatic carbocycles. The van der Waals surface area contributed by atoms with E-state index in [2.05, 4.69) is 0 Å². The Bertz CT molecular complexity index is 635. The third-order valence-corrected chi connectivity index (χ3v) is 2.81. The minimum Gasteiger partial charge on any atom is -0.478 e. The number of benzene rings is 2. The maximum absolute atomic E-state index is 11.6. The molecule has 2 aromatic rings. The van der Waals surface area contributed by atoms with E-state index in [9.17, 15) is 9.59 Å². The molecule has 4 heteroatoms. The van der Waals surface area contributed by atoms with Gasteiger partial charge in [-0.1, -0.05) is 30.3 Å². The van der Waals surface area contributed by atoms with Gasteiger partial charge in [0.15, 0.2) is 5.78 Å². The Morgan fingerprint density at radius 3 is 2.00 bits per heavy atom. The summed E-state index contributed by atoms with van der Waals surface area (Å²) < 4.78 is 0. The predicted molar refractivity (Wildman–Crippen MR) is 72.2 cm³/mol. The molecule has 0 aliphatic carbocycles. The number of nitrogens with two attached hydrogens (primary N) is 1. The summed E-state index contributed by atoms with van der Waals surface area (Å²) in [4.78, 5) is 22.5. The van der Waals surface area contributed by atoms with Crippen LogP contribution >= 0.6 is 0 Å². The Kier molecular flexibility index (Phi) is 3.73. The van der Waals surface area contributed by atoms with Crippen LogP contribution in [-0.4, -0.2) is 23.4 Å². The van der Waals surface area contributed by atoms with Crippen LogP contribution in [0.15, 0.2) is 48.5 Å². The highest BCUT2D eigenvalue weighted by molar-refractivity contribution is 5.98. The molecule has 96 valence electrons. The van der Waals surface area contributed by atoms with Gasteiger partial charge in [0.25, 0.3) is 0 Å². The van der Waals surface area contributed by atoms with Crippen molar-refractivity contribution in [3.05, 3.63) is 59.7 Å². The Balaban J connectivity index is 2.44. The maximum Gasteiger partial charge on any atom is 0.335 e. The van der Waals surface area contributed by atoms with Gasteiger partial charge in [-0.2, -0.15) is 0 Å². The second-order valence-electron chi connectivity index (χ2n) is 4.09. The van der Waals surface area contributed by atoms with Gasteiger partial charge in [-0.15, -0.1) is 0 Å². The Morgan fingerprint density at radius 2 is 1.47 bits per heavy atom. The fourth-order valence-electron chi connectivity index (χ4n) is 1.82. The minimum absolute atomic E-state index is 0.0430. The molecule has 0 unspecified atom stereocenters. The highest BCUT2D eigenvalue weighted by Gasteiger charge is 2.07. The van der Waals surface area contributed by atoms with Crippen LogP contribution in [0.4, 0.5) is 0 Å². The summed E-state index contributed by atoms with van der Waals surface area (Å²) in [6.07, 6.45) is 0. The number of hydrogen-bond acceptors (Lipinski definition) is 3. The Labute approximate surface area is 110 Å². The van der Waals surface area contributed by atoms with Gasteiger partial charge in [0.05, 0.1) is 12.1 Å². The van der Waals surface area contributed by atoms with Crippen molar-refractivity contribution in [1.29, 1.82) is 0 Å². The van der Waals surface area contributed by atoms with Crippen molar-refractivity contribution in [3.63, 3.8) is 0 Å². The van der Waals surface area contributed by atoms with Crippen molar-refractivity contribution in [3.8, 4) is 11.1 Å². The lowest BCUT2D eigenvalue weighted by Crippen LogP contribution is -2.13.